The molecule has 0 amide bonds. The van der Waals surface area contributed by atoms with Gasteiger partial charge in [0.25, 0.3) is 0 Å². The minimum Gasteiger partial charge on any atom is -0.223 e. The molecule has 0 heterocycles. The highest BCUT2D eigenvalue weighted by atomic mass is 35.5. The first-order valence-corrected chi connectivity index (χ1v) is 7.82. The van der Waals surface area contributed by atoms with Crippen LogP contribution in [-0.2, 0) is 9.84 Å². The second kappa shape index (κ2) is 5.20. The topological polar surface area (TPSA) is 57.9 Å². The van der Waals surface area contributed by atoms with Crippen molar-refractivity contribution >= 4 is 32.2 Å². The Morgan fingerprint density at radius 3 is 2.42 bits per heavy atom. The van der Waals surface area contributed by atoms with Gasteiger partial charge in [0.2, 0.25) is 0 Å². The summed E-state index contributed by atoms with van der Waals surface area (Å²) in [4.78, 5) is 0.232. The number of hydrogen-bond donors (Lipinski definition) is 0. The first-order chi connectivity index (χ1) is 9.02. The van der Waals surface area contributed by atoms with E-state index in [9.17, 15) is 8.42 Å². The average molecular weight is 294 g/mol. The molecular formula is C14H12ClNO2S. The average Bonchev–Trinajstić information content (AvgIpc) is 2.44. The van der Waals surface area contributed by atoms with Gasteiger partial charge in [-0.15, -0.1) is 11.6 Å². The monoisotopic (exact) mass is 293 g/mol. The SMILES string of the molecule is CC(CCl)S(=O)(=O)c1ccc(C#N)c2ccccc12. The first-order valence-electron chi connectivity index (χ1n) is 5.74. The molecule has 0 saturated heterocycles. The van der Waals surface area contributed by atoms with Crippen molar-refractivity contribution in [1.29, 1.82) is 5.26 Å². The fourth-order valence-corrected chi connectivity index (χ4v) is 3.76. The van der Waals surface area contributed by atoms with Crippen LogP contribution in [0.1, 0.15) is 12.5 Å². The van der Waals surface area contributed by atoms with Gasteiger partial charge in [-0.25, -0.2) is 8.42 Å². The van der Waals surface area contributed by atoms with Gasteiger partial charge in [0.05, 0.1) is 21.8 Å². The Kier molecular flexibility index (Phi) is 3.79. The van der Waals surface area contributed by atoms with Gasteiger partial charge >= 0.3 is 0 Å². The van der Waals surface area contributed by atoms with Crippen molar-refractivity contribution < 1.29 is 8.42 Å². The van der Waals surface area contributed by atoms with Crippen molar-refractivity contribution in [3.05, 3.63) is 42.0 Å². The van der Waals surface area contributed by atoms with E-state index >= 15 is 0 Å². The molecule has 0 bridgehead atoms. The van der Waals surface area contributed by atoms with Crippen LogP contribution in [0, 0.1) is 11.3 Å². The van der Waals surface area contributed by atoms with Crippen molar-refractivity contribution in [1.82, 2.24) is 0 Å². The summed E-state index contributed by atoms with van der Waals surface area (Å²) in [5, 5.41) is 9.62. The quantitative estimate of drug-likeness (QED) is 0.817. The predicted molar refractivity (Wildman–Crippen MR) is 76.0 cm³/mol. The summed E-state index contributed by atoms with van der Waals surface area (Å²) in [7, 11) is -3.48. The summed E-state index contributed by atoms with van der Waals surface area (Å²) < 4.78 is 24.8. The molecule has 0 spiro atoms. The van der Waals surface area contributed by atoms with E-state index in [1.54, 1.807) is 31.2 Å². The van der Waals surface area contributed by atoms with Crippen LogP contribution in [0.3, 0.4) is 0 Å². The van der Waals surface area contributed by atoms with Crippen LogP contribution in [0.5, 0.6) is 0 Å². The molecule has 19 heavy (non-hydrogen) atoms. The van der Waals surface area contributed by atoms with Crippen LogP contribution in [0.15, 0.2) is 41.3 Å². The Morgan fingerprint density at radius 1 is 1.21 bits per heavy atom. The van der Waals surface area contributed by atoms with Crippen LogP contribution in [0.2, 0.25) is 0 Å². The highest BCUT2D eigenvalue weighted by Crippen LogP contribution is 2.28. The lowest BCUT2D eigenvalue weighted by Gasteiger charge is -2.13. The summed E-state index contributed by atoms with van der Waals surface area (Å²) in [5.74, 6) is 0.0384. The molecule has 2 rings (SSSR count). The van der Waals surface area contributed by atoms with Gasteiger partial charge in [-0.3, -0.25) is 0 Å². The second-order valence-electron chi connectivity index (χ2n) is 4.28. The van der Waals surface area contributed by atoms with Gasteiger partial charge in [-0.2, -0.15) is 5.26 Å². The van der Waals surface area contributed by atoms with Crippen molar-refractivity contribution in [2.75, 3.05) is 5.88 Å². The third-order valence-electron chi connectivity index (χ3n) is 3.06. The third kappa shape index (κ3) is 2.32. The van der Waals surface area contributed by atoms with Crippen LogP contribution >= 0.6 is 11.6 Å². The molecule has 0 radical (unpaired) electrons. The number of fused-ring (bicyclic) bond motifs is 1. The Labute approximate surface area is 117 Å². The Morgan fingerprint density at radius 2 is 1.84 bits per heavy atom. The van der Waals surface area contributed by atoms with Gasteiger partial charge in [0, 0.05) is 16.7 Å². The van der Waals surface area contributed by atoms with Gasteiger partial charge in [-0.05, 0) is 19.1 Å². The summed E-state index contributed by atoms with van der Waals surface area (Å²) in [6.45, 7) is 1.58. The van der Waals surface area contributed by atoms with E-state index in [-0.39, 0.29) is 10.8 Å². The molecule has 0 aromatic heterocycles. The molecule has 5 heteroatoms. The van der Waals surface area contributed by atoms with Crippen molar-refractivity contribution in [3.8, 4) is 6.07 Å². The highest BCUT2D eigenvalue weighted by molar-refractivity contribution is 7.92. The molecule has 0 aliphatic heterocycles. The molecule has 0 aliphatic carbocycles. The summed E-state index contributed by atoms with van der Waals surface area (Å²) in [6, 6.07) is 12.1. The number of rotatable bonds is 3. The number of hydrogen-bond acceptors (Lipinski definition) is 3. The van der Waals surface area contributed by atoms with Gasteiger partial charge in [0.1, 0.15) is 0 Å². The molecule has 3 nitrogen and oxygen atoms in total. The number of sulfone groups is 1. The fraction of sp³-hybridized carbons (Fsp3) is 0.214. The highest BCUT2D eigenvalue weighted by Gasteiger charge is 2.24. The van der Waals surface area contributed by atoms with Gasteiger partial charge < -0.3 is 0 Å². The fourth-order valence-electron chi connectivity index (χ4n) is 1.92. The Hall–Kier alpha value is -1.57. The van der Waals surface area contributed by atoms with E-state index in [0.717, 1.165) is 0 Å². The molecule has 2 aromatic rings. The number of nitrogens with zero attached hydrogens (tertiary/aromatic N) is 1. The largest absolute Gasteiger partial charge is 0.223 e. The third-order valence-corrected chi connectivity index (χ3v) is 5.90. The van der Waals surface area contributed by atoms with E-state index < -0.39 is 15.1 Å². The molecule has 98 valence electrons. The zero-order valence-corrected chi connectivity index (χ0v) is 11.9. The maximum absolute atomic E-state index is 12.4. The summed E-state index contributed by atoms with van der Waals surface area (Å²) >= 11 is 5.66. The van der Waals surface area contributed by atoms with Crippen molar-refractivity contribution in [2.24, 2.45) is 0 Å². The molecule has 0 fully saturated rings. The van der Waals surface area contributed by atoms with E-state index in [1.165, 1.54) is 12.1 Å². The lowest BCUT2D eigenvalue weighted by Crippen LogP contribution is -2.19. The van der Waals surface area contributed by atoms with Crippen LogP contribution in [0.25, 0.3) is 10.8 Å². The minimum absolute atomic E-state index is 0.0384. The van der Waals surface area contributed by atoms with E-state index in [0.29, 0.717) is 16.3 Å². The molecule has 0 N–H and O–H groups in total. The number of alkyl halides is 1. The lowest BCUT2D eigenvalue weighted by atomic mass is 10.1. The van der Waals surface area contributed by atoms with Crippen molar-refractivity contribution in [3.63, 3.8) is 0 Å². The Bertz CT molecular complexity index is 763. The van der Waals surface area contributed by atoms with Crippen molar-refractivity contribution in [2.45, 2.75) is 17.1 Å². The first kappa shape index (κ1) is 13.9. The standard InChI is InChI=1S/C14H12ClNO2S/c1-10(8-15)19(17,18)14-7-6-11(9-16)12-4-2-3-5-13(12)14/h2-7,10H,8H2,1H3. The van der Waals surface area contributed by atoms with Gasteiger partial charge in [0.15, 0.2) is 9.84 Å². The van der Waals surface area contributed by atoms with E-state index in [4.69, 9.17) is 16.9 Å². The Balaban J connectivity index is 2.82. The molecule has 1 atom stereocenters. The maximum Gasteiger partial charge on any atom is 0.182 e. The van der Waals surface area contributed by atoms with Crippen LogP contribution in [-0.4, -0.2) is 19.5 Å². The maximum atomic E-state index is 12.4. The van der Waals surface area contributed by atoms with E-state index in [1.807, 2.05) is 0 Å². The zero-order chi connectivity index (χ0) is 14.0. The normalized spacial score (nSPS) is 13.1. The summed E-state index contributed by atoms with van der Waals surface area (Å²) in [5.41, 5.74) is 0.466. The minimum atomic E-state index is -3.48. The molecular weight excluding hydrogens is 282 g/mol. The predicted octanol–water partition coefficient (Wildman–Crippen LogP) is 3.11. The molecule has 2 aromatic carbocycles. The van der Waals surface area contributed by atoms with Gasteiger partial charge in [-0.1, -0.05) is 24.3 Å². The second-order valence-corrected chi connectivity index (χ2v) is 6.92. The number of benzene rings is 2. The van der Waals surface area contributed by atoms with Crippen LogP contribution < -0.4 is 0 Å². The van der Waals surface area contributed by atoms with E-state index in [2.05, 4.69) is 6.07 Å². The molecule has 0 aliphatic rings. The summed E-state index contributed by atoms with van der Waals surface area (Å²) in [6.07, 6.45) is 0. The zero-order valence-electron chi connectivity index (χ0n) is 10.3. The lowest BCUT2D eigenvalue weighted by molar-refractivity contribution is 0.589. The number of halogens is 1. The molecule has 1 unspecified atom stereocenters. The smallest absolute Gasteiger partial charge is 0.182 e. The molecule has 0 saturated carbocycles. The number of nitriles is 1. The van der Waals surface area contributed by atoms with Crippen LogP contribution in [0.4, 0.5) is 0 Å².